The highest BCUT2D eigenvalue weighted by molar-refractivity contribution is 7.84. The van der Waals surface area contributed by atoms with Crippen LogP contribution in [-0.2, 0) is 10.8 Å². The Morgan fingerprint density at radius 2 is 1.78 bits per heavy atom. The molecule has 2 unspecified atom stereocenters. The average molecular weight is 332 g/mol. The Balaban J connectivity index is 2.02. The summed E-state index contributed by atoms with van der Waals surface area (Å²) in [5, 5.41) is 5.51. The SMILES string of the molecule is CC(CS(C)=O)NC(=O)Nc1ccccc1Oc1ccccc1. The molecule has 0 saturated heterocycles. The maximum Gasteiger partial charge on any atom is 0.319 e. The summed E-state index contributed by atoms with van der Waals surface area (Å²) in [7, 11) is -0.957. The molecule has 2 amide bonds. The van der Waals surface area contributed by atoms with Crippen molar-refractivity contribution in [3.63, 3.8) is 0 Å². The standard InChI is InChI=1S/C17H20N2O3S/c1-13(12-23(2)21)18-17(20)19-15-10-6-7-11-16(15)22-14-8-4-3-5-9-14/h3-11,13H,12H2,1-2H3,(H2,18,19,20). The van der Waals surface area contributed by atoms with Crippen LogP contribution in [-0.4, -0.2) is 28.3 Å². The van der Waals surface area contributed by atoms with Crippen LogP contribution >= 0.6 is 0 Å². The molecule has 2 rings (SSSR count). The first kappa shape index (κ1) is 17.0. The highest BCUT2D eigenvalue weighted by Crippen LogP contribution is 2.28. The van der Waals surface area contributed by atoms with E-state index in [0.717, 1.165) is 0 Å². The van der Waals surface area contributed by atoms with Crippen LogP contribution in [0.5, 0.6) is 11.5 Å². The third kappa shape index (κ3) is 5.75. The molecule has 2 aromatic rings. The highest BCUT2D eigenvalue weighted by atomic mass is 32.2. The van der Waals surface area contributed by atoms with E-state index in [1.54, 1.807) is 18.4 Å². The third-order valence-corrected chi connectivity index (χ3v) is 3.94. The molecule has 5 nitrogen and oxygen atoms in total. The number of rotatable bonds is 6. The van der Waals surface area contributed by atoms with E-state index in [9.17, 15) is 9.00 Å². The Labute approximate surface area is 138 Å². The zero-order valence-electron chi connectivity index (χ0n) is 13.1. The third-order valence-electron chi connectivity index (χ3n) is 2.97. The van der Waals surface area contributed by atoms with Gasteiger partial charge in [0.25, 0.3) is 0 Å². The topological polar surface area (TPSA) is 67.4 Å². The Kier molecular flexibility index (Phi) is 6.17. The van der Waals surface area contributed by atoms with Gasteiger partial charge in [-0.25, -0.2) is 4.79 Å². The van der Waals surface area contributed by atoms with Crippen molar-refractivity contribution in [1.29, 1.82) is 0 Å². The van der Waals surface area contributed by atoms with Crippen LogP contribution in [0, 0.1) is 0 Å². The first-order valence-corrected chi connectivity index (χ1v) is 8.97. The van der Waals surface area contributed by atoms with Crippen molar-refractivity contribution < 1.29 is 13.7 Å². The van der Waals surface area contributed by atoms with Gasteiger partial charge in [-0.2, -0.15) is 0 Å². The van der Waals surface area contributed by atoms with E-state index in [1.807, 2.05) is 49.4 Å². The summed E-state index contributed by atoms with van der Waals surface area (Å²) in [6, 6.07) is 16.0. The fourth-order valence-corrected chi connectivity index (χ4v) is 2.84. The Morgan fingerprint density at radius 1 is 1.13 bits per heavy atom. The minimum atomic E-state index is -0.957. The lowest BCUT2D eigenvalue weighted by atomic mass is 10.3. The van der Waals surface area contributed by atoms with Gasteiger partial charge in [0, 0.05) is 28.9 Å². The fourth-order valence-electron chi connectivity index (χ4n) is 2.05. The van der Waals surface area contributed by atoms with Crippen molar-refractivity contribution in [1.82, 2.24) is 5.32 Å². The minimum Gasteiger partial charge on any atom is -0.455 e. The molecule has 0 saturated carbocycles. The Morgan fingerprint density at radius 3 is 2.48 bits per heavy atom. The molecule has 122 valence electrons. The molecule has 0 fully saturated rings. The number of urea groups is 1. The lowest BCUT2D eigenvalue weighted by Crippen LogP contribution is -2.39. The van der Waals surface area contributed by atoms with Gasteiger partial charge in [0.05, 0.1) is 5.69 Å². The monoisotopic (exact) mass is 332 g/mol. The normalized spacial score (nSPS) is 13.0. The first-order valence-electron chi connectivity index (χ1n) is 7.24. The summed E-state index contributed by atoms with van der Waals surface area (Å²) in [6.45, 7) is 1.81. The van der Waals surface area contributed by atoms with Crippen LogP contribution in [0.25, 0.3) is 0 Å². The zero-order chi connectivity index (χ0) is 16.7. The Bertz CT molecular complexity index is 677. The average Bonchev–Trinajstić information content (AvgIpc) is 2.49. The van der Waals surface area contributed by atoms with Crippen LogP contribution in [0.1, 0.15) is 6.92 Å². The second-order valence-electron chi connectivity index (χ2n) is 5.15. The van der Waals surface area contributed by atoms with Gasteiger partial charge in [-0.05, 0) is 31.2 Å². The molecule has 0 spiro atoms. The molecule has 23 heavy (non-hydrogen) atoms. The maximum atomic E-state index is 12.0. The predicted molar refractivity (Wildman–Crippen MR) is 93.5 cm³/mol. The van der Waals surface area contributed by atoms with Gasteiger partial charge in [-0.3, -0.25) is 4.21 Å². The molecule has 0 aliphatic heterocycles. The molecular weight excluding hydrogens is 312 g/mol. The van der Waals surface area contributed by atoms with Gasteiger partial charge in [-0.15, -0.1) is 0 Å². The molecular formula is C17H20N2O3S. The number of carbonyl (C=O) groups excluding carboxylic acids is 1. The summed E-state index contributed by atoms with van der Waals surface area (Å²) < 4.78 is 17.0. The fraction of sp³-hybridized carbons (Fsp3) is 0.235. The van der Waals surface area contributed by atoms with Gasteiger partial charge >= 0.3 is 6.03 Å². The number of benzene rings is 2. The number of para-hydroxylation sites is 3. The van der Waals surface area contributed by atoms with Crippen LogP contribution < -0.4 is 15.4 Å². The van der Waals surface area contributed by atoms with Gasteiger partial charge < -0.3 is 15.4 Å². The van der Waals surface area contributed by atoms with E-state index in [1.165, 1.54) is 0 Å². The molecule has 2 N–H and O–H groups in total. The van der Waals surface area contributed by atoms with E-state index in [0.29, 0.717) is 22.9 Å². The highest BCUT2D eigenvalue weighted by Gasteiger charge is 2.11. The number of ether oxygens (including phenoxy) is 1. The summed E-state index contributed by atoms with van der Waals surface area (Å²) in [5.74, 6) is 1.66. The van der Waals surface area contributed by atoms with Gasteiger partial charge in [0.2, 0.25) is 0 Å². The number of hydrogen-bond donors (Lipinski definition) is 2. The summed E-state index contributed by atoms with van der Waals surface area (Å²) in [5.41, 5.74) is 0.568. The van der Waals surface area contributed by atoms with E-state index >= 15 is 0 Å². The molecule has 0 bridgehead atoms. The second-order valence-corrected chi connectivity index (χ2v) is 6.63. The molecule has 0 aromatic heterocycles. The van der Waals surface area contributed by atoms with Crippen molar-refractivity contribution >= 4 is 22.5 Å². The number of hydrogen-bond acceptors (Lipinski definition) is 3. The van der Waals surface area contributed by atoms with E-state index in [2.05, 4.69) is 10.6 Å². The minimum absolute atomic E-state index is 0.178. The maximum absolute atomic E-state index is 12.0. The number of anilines is 1. The van der Waals surface area contributed by atoms with Crippen molar-refractivity contribution in [3.8, 4) is 11.5 Å². The lowest BCUT2D eigenvalue weighted by Gasteiger charge is -2.15. The van der Waals surface area contributed by atoms with Crippen LogP contribution in [0.4, 0.5) is 10.5 Å². The largest absolute Gasteiger partial charge is 0.455 e. The van der Waals surface area contributed by atoms with Gasteiger partial charge in [-0.1, -0.05) is 30.3 Å². The Hall–Kier alpha value is -2.34. The first-order chi connectivity index (χ1) is 11.0. The van der Waals surface area contributed by atoms with E-state index in [-0.39, 0.29) is 12.1 Å². The predicted octanol–water partition coefficient (Wildman–Crippen LogP) is 3.37. The summed E-state index contributed by atoms with van der Waals surface area (Å²) in [4.78, 5) is 12.0. The van der Waals surface area contributed by atoms with E-state index in [4.69, 9.17) is 4.74 Å². The second kappa shape index (κ2) is 8.33. The molecule has 2 atom stereocenters. The lowest BCUT2D eigenvalue weighted by molar-refractivity contribution is 0.250. The molecule has 0 heterocycles. The van der Waals surface area contributed by atoms with Crippen molar-refractivity contribution in [3.05, 3.63) is 54.6 Å². The van der Waals surface area contributed by atoms with Crippen molar-refractivity contribution in [2.75, 3.05) is 17.3 Å². The van der Waals surface area contributed by atoms with Crippen molar-refractivity contribution in [2.45, 2.75) is 13.0 Å². The molecule has 2 aromatic carbocycles. The van der Waals surface area contributed by atoms with Gasteiger partial charge in [0.1, 0.15) is 5.75 Å². The molecule has 0 aliphatic carbocycles. The summed E-state index contributed by atoms with van der Waals surface area (Å²) >= 11 is 0. The number of amides is 2. The van der Waals surface area contributed by atoms with E-state index < -0.39 is 10.8 Å². The number of nitrogens with one attached hydrogen (secondary N) is 2. The van der Waals surface area contributed by atoms with Crippen LogP contribution in [0.2, 0.25) is 0 Å². The van der Waals surface area contributed by atoms with Crippen LogP contribution in [0.3, 0.4) is 0 Å². The van der Waals surface area contributed by atoms with Gasteiger partial charge in [0.15, 0.2) is 5.75 Å². The molecule has 0 radical (unpaired) electrons. The number of carbonyl (C=O) groups is 1. The zero-order valence-corrected chi connectivity index (χ0v) is 13.9. The molecule has 0 aliphatic rings. The smallest absolute Gasteiger partial charge is 0.319 e. The molecule has 6 heteroatoms. The van der Waals surface area contributed by atoms with Crippen molar-refractivity contribution in [2.24, 2.45) is 0 Å². The summed E-state index contributed by atoms with van der Waals surface area (Å²) in [6.07, 6.45) is 1.61. The quantitative estimate of drug-likeness (QED) is 0.852. The van der Waals surface area contributed by atoms with Crippen LogP contribution in [0.15, 0.2) is 54.6 Å².